The first-order valence-electron chi connectivity index (χ1n) is 10.6. The van der Waals surface area contributed by atoms with Gasteiger partial charge in [-0.1, -0.05) is 54.1 Å². The van der Waals surface area contributed by atoms with Crippen LogP contribution in [0.3, 0.4) is 0 Å². The molecule has 3 aromatic carbocycles. The van der Waals surface area contributed by atoms with Crippen LogP contribution < -0.4 is 9.64 Å². The number of rotatable bonds is 9. The molecule has 0 amide bonds. The van der Waals surface area contributed by atoms with Crippen LogP contribution in [-0.4, -0.2) is 37.3 Å². The second kappa shape index (κ2) is 10.3. The Labute approximate surface area is 197 Å². The lowest BCUT2D eigenvalue weighted by Crippen LogP contribution is -2.28. The topological polar surface area (TPSA) is 59.5 Å². The van der Waals surface area contributed by atoms with Crippen LogP contribution in [0.15, 0.2) is 78.9 Å². The van der Waals surface area contributed by atoms with Crippen LogP contribution in [0.2, 0.25) is 5.02 Å². The molecular formula is C27H23ClN2O3. The van der Waals surface area contributed by atoms with E-state index in [1.165, 1.54) is 0 Å². The maximum absolute atomic E-state index is 11.8. The number of ether oxygens (including phenoxy) is 1. The first-order chi connectivity index (χ1) is 16.1. The fourth-order valence-corrected chi connectivity index (χ4v) is 3.97. The van der Waals surface area contributed by atoms with E-state index in [0.717, 1.165) is 40.3 Å². The zero-order chi connectivity index (χ0) is 23.2. The quantitative estimate of drug-likeness (QED) is 0.295. The molecule has 0 aliphatic rings. The molecule has 5 nitrogen and oxygen atoms in total. The van der Waals surface area contributed by atoms with Gasteiger partial charge in [-0.05, 0) is 35.9 Å². The molecule has 4 aromatic rings. The van der Waals surface area contributed by atoms with Crippen LogP contribution in [0, 0.1) is 0 Å². The van der Waals surface area contributed by atoms with Gasteiger partial charge in [-0.25, -0.2) is 4.98 Å². The van der Waals surface area contributed by atoms with E-state index in [0.29, 0.717) is 29.4 Å². The summed E-state index contributed by atoms with van der Waals surface area (Å²) in [5.41, 5.74) is 3.88. The molecule has 4 rings (SSSR count). The van der Waals surface area contributed by atoms with Crippen molar-refractivity contribution in [3.8, 4) is 17.0 Å². The summed E-state index contributed by atoms with van der Waals surface area (Å²) in [5, 5.41) is 1.64. The van der Waals surface area contributed by atoms with E-state index in [1.54, 1.807) is 6.07 Å². The Kier molecular flexibility index (Phi) is 7.01. The molecule has 0 saturated heterocycles. The van der Waals surface area contributed by atoms with Crippen molar-refractivity contribution in [2.45, 2.75) is 12.5 Å². The van der Waals surface area contributed by atoms with Gasteiger partial charge in [0.1, 0.15) is 0 Å². The van der Waals surface area contributed by atoms with Gasteiger partial charge in [0, 0.05) is 53.3 Å². The molecule has 6 heteroatoms. The molecule has 0 radical (unpaired) electrons. The summed E-state index contributed by atoms with van der Waals surface area (Å²) in [6.45, 7) is 0.517. The number of carbonyl (C=O) groups is 2. The maximum atomic E-state index is 11.8. The van der Waals surface area contributed by atoms with Gasteiger partial charge >= 0.3 is 0 Å². The van der Waals surface area contributed by atoms with Crippen molar-refractivity contribution in [1.82, 2.24) is 4.98 Å². The zero-order valence-electron chi connectivity index (χ0n) is 18.1. The number of halogens is 1. The number of hydrogen-bond donors (Lipinski definition) is 0. The highest BCUT2D eigenvalue weighted by Crippen LogP contribution is 2.31. The molecule has 0 saturated carbocycles. The van der Waals surface area contributed by atoms with Gasteiger partial charge in [-0.3, -0.25) is 9.59 Å². The minimum Gasteiger partial charge on any atom is -0.467 e. The van der Waals surface area contributed by atoms with Crippen molar-refractivity contribution in [1.29, 1.82) is 0 Å². The molecule has 0 N–H and O–H groups in total. The second-order valence-electron chi connectivity index (χ2n) is 7.72. The van der Waals surface area contributed by atoms with Crippen molar-refractivity contribution in [3.63, 3.8) is 0 Å². The second-order valence-corrected chi connectivity index (χ2v) is 8.12. The third-order valence-corrected chi connectivity index (χ3v) is 5.83. The Morgan fingerprint density at radius 3 is 2.58 bits per heavy atom. The highest BCUT2D eigenvalue weighted by Gasteiger charge is 2.15. The van der Waals surface area contributed by atoms with E-state index in [4.69, 9.17) is 16.3 Å². The number of carbonyl (C=O) groups excluding carboxylic acids is 2. The van der Waals surface area contributed by atoms with Crippen LogP contribution in [0.5, 0.6) is 5.88 Å². The predicted octanol–water partition coefficient (Wildman–Crippen LogP) is 5.84. The minimum atomic E-state index is -0.650. The average molecular weight is 459 g/mol. The molecule has 0 aliphatic carbocycles. The van der Waals surface area contributed by atoms with Crippen molar-refractivity contribution in [3.05, 3.63) is 89.4 Å². The predicted molar refractivity (Wildman–Crippen MR) is 132 cm³/mol. The normalized spacial score (nSPS) is 11.7. The highest BCUT2D eigenvalue weighted by atomic mass is 35.5. The van der Waals surface area contributed by atoms with Crippen molar-refractivity contribution < 1.29 is 14.3 Å². The number of para-hydroxylation sites is 1. The third-order valence-electron chi connectivity index (χ3n) is 5.50. The van der Waals surface area contributed by atoms with Crippen LogP contribution >= 0.6 is 11.6 Å². The summed E-state index contributed by atoms with van der Waals surface area (Å²) >= 11 is 6.31. The van der Waals surface area contributed by atoms with Crippen LogP contribution in [-0.2, 0) is 4.79 Å². The first-order valence-corrected chi connectivity index (χ1v) is 11.0. The van der Waals surface area contributed by atoms with E-state index in [9.17, 15) is 9.59 Å². The summed E-state index contributed by atoms with van der Waals surface area (Å²) in [6, 6.07) is 24.6. The Morgan fingerprint density at radius 2 is 1.79 bits per heavy atom. The number of benzene rings is 3. The number of fused-ring (bicyclic) bond motifs is 1. The molecule has 0 aliphatic heterocycles. The Balaban J connectivity index is 1.45. The number of aromatic nitrogens is 1. The fourth-order valence-electron chi connectivity index (χ4n) is 3.72. The standard InChI is InChI=1S/C27H23ClN2O3/c1-30(26-12-10-20(16-21(26)17-31)23-7-3-4-8-24(23)28)15-14-22(18-32)33-27-13-11-19-6-2-5-9-25(19)29-27/h2-13,16-18,22H,14-15H2,1H3. The molecule has 1 unspecified atom stereocenters. The highest BCUT2D eigenvalue weighted by molar-refractivity contribution is 6.33. The monoisotopic (exact) mass is 458 g/mol. The maximum Gasteiger partial charge on any atom is 0.214 e. The molecule has 0 bridgehead atoms. The average Bonchev–Trinajstić information content (AvgIpc) is 2.86. The summed E-state index contributed by atoms with van der Waals surface area (Å²) in [7, 11) is 1.88. The Morgan fingerprint density at radius 1 is 1.00 bits per heavy atom. The van der Waals surface area contributed by atoms with E-state index < -0.39 is 6.10 Å². The smallest absolute Gasteiger partial charge is 0.214 e. The fraction of sp³-hybridized carbons (Fsp3) is 0.148. The number of anilines is 1. The molecule has 1 heterocycles. The van der Waals surface area contributed by atoms with Gasteiger partial charge in [0.05, 0.1) is 5.52 Å². The Hall–Kier alpha value is -3.70. The zero-order valence-corrected chi connectivity index (χ0v) is 18.9. The minimum absolute atomic E-state index is 0.408. The summed E-state index contributed by atoms with van der Waals surface area (Å²) in [5.74, 6) is 0.408. The molecule has 0 spiro atoms. The van der Waals surface area contributed by atoms with Crippen LogP contribution in [0.25, 0.3) is 22.0 Å². The van der Waals surface area contributed by atoms with Crippen molar-refractivity contribution >= 4 is 40.8 Å². The lowest BCUT2D eigenvalue weighted by atomic mass is 10.0. The number of aldehydes is 2. The largest absolute Gasteiger partial charge is 0.467 e. The van der Waals surface area contributed by atoms with E-state index in [2.05, 4.69) is 4.98 Å². The van der Waals surface area contributed by atoms with Crippen molar-refractivity contribution in [2.24, 2.45) is 0 Å². The third kappa shape index (κ3) is 5.21. The van der Waals surface area contributed by atoms with E-state index in [-0.39, 0.29) is 0 Å². The lowest BCUT2D eigenvalue weighted by Gasteiger charge is -2.23. The lowest BCUT2D eigenvalue weighted by molar-refractivity contribution is -0.113. The number of nitrogens with zero attached hydrogens (tertiary/aromatic N) is 2. The van der Waals surface area contributed by atoms with E-state index >= 15 is 0 Å². The van der Waals surface area contributed by atoms with Crippen LogP contribution in [0.1, 0.15) is 16.8 Å². The number of pyridine rings is 1. The molecule has 1 atom stereocenters. The molecular weight excluding hydrogens is 436 g/mol. The van der Waals surface area contributed by atoms with Gasteiger partial charge in [-0.15, -0.1) is 0 Å². The number of hydrogen-bond acceptors (Lipinski definition) is 5. The SMILES string of the molecule is CN(CCC(C=O)Oc1ccc2ccccc2n1)c1ccc(-c2ccccc2Cl)cc1C=O. The van der Waals surface area contributed by atoms with Gasteiger partial charge < -0.3 is 9.64 Å². The molecule has 166 valence electrons. The van der Waals surface area contributed by atoms with Gasteiger partial charge in [0.15, 0.2) is 18.7 Å². The van der Waals surface area contributed by atoms with E-state index in [1.807, 2.05) is 84.7 Å². The molecule has 33 heavy (non-hydrogen) atoms. The molecule has 1 aromatic heterocycles. The first kappa shape index (κ1) is 22.5. The Bertz CT molecular complexity index is 1290. The van der Waals surface area contributed by atoms with Gasteiger partial charge in [0.2, 0.25) is 5.88 Å². The summed E-state index contributed by atoms with van der Waals surface area (Å²) < 4.78 is 5.81. The van der Waals surface area contributed by atoms with Crippen LogP contribution in [0.4, 0.5) is 5.69 Å². The molecule has 0 fully saturated rings. The summed E-state index contributed by atoms with van der Waals surface area (Å²) in [4.78, 5) is 29.8. The van der Waals surface area contributed by atoms with Gasteiger partial charge in [0.25, 0.3) is 0 Å². The van der Waals surface area contributed by atoms with Crippen molar-refractivity contribution in [2.75, 3.05) is 18.5 Å². The summed E-state index contributed by atoms with van der Waals surface area (Å²) in [6.07, 6.45) is 1.41. The van der Waals surface area contributed by atoms with Gasteiger partial charge in [-0.2, -0.15) is 0 Å².